The molecule has 2 aromatic rings. The lowest BCUT2D eigenvalue weighted by Gasteiger charge is -2.28. The van der Waals surface area contributed by atoms with Gasteiger partial charge in [0.05, 0.1) is 13.2 Å². The van der Waals surface area contributed by atoms with E-state index in [1.165, 1.54) is 12.8 Å². The molecule has 8 nitrogen and oxygen atoms in total. The summed E-state index contributed by atoms with van der Waals surface area (Å²) in [5.74, 6) is 3.13. The number of nitrogens with zero attached hydrogens (tertiary/aromatic N) is 3. The fourth-order valence-corrected chi connectivity index (χ4v) is 3.24. The first-order valence-electron chi connectivity index (χ1n) is 10.3. The van der Waals surface area contributed by atoms with Crippen molar-refractivity contribution in [3.8, 4) is 17.1 Å². The maximum atomic E-state index is 9.87. The number of hydrogen-bond acceptors (Lipinski definition) is 8. The van der Waals surface area contributed by atoms with Gasteiger partial charge in [0.1, 0.15) is 30.1 Å². The van der Waals surface area contributed by atoms with Gasteiger partial charge in [0.2, 0.25) is 0 Å². The molecule has 2 heterocycles. The molecule has 1 atom stereocenters. The zero-order chi connectivity index (χ0) is 20.1. The summed E-state index contributed by atoms with van der Waals surface area (Å²) in [5.41, 5.74) is 0.888. The molecule has 0 amide bonds. The lowest BCUT2D eigenvalue weighted by atomic mass is 10.2. The molecule has 1 saturated carbocycles. The van der Waals surface area contributed by atoms with E-state index in [9.17, 15) is 5.11 Å². The zero-order valence-corrected chi connectivity index (χ0v) is 16.8. The average Bonchev–Trinajstić information content (AvgIpc) is 3.57. The SMILES string of the molecule is CNCC(O)COc1cccc(-c2nc(NC3CC3)cc(N3CCOCC3)n2)c1. The van der Waals surface area contributed by atoms with E-state index in [4.69, 9.17) is 19.4 Å². The van der Waals surface area contributed by atoms with E-state index in [1.807, 2.05) is 30.3 Å². The molecular formula is C21H29N5O3. The normalized spacial score (nSPS) is 17.8. The summed E-state index contributed by atoms with van der Waals surface area (Å²) < 4.78 is 11.2. The number of hydrogen-bond donors (Lipinski definition) is 3. The summed E-state index contributed by atoms with van der Waals surface area (Å²) in [4.78, 5) is 11.8. The molecule has 4 rings (SSSR count). The minimum atomic E-state index is -0.557. The second-order valence-corrected chi connectivity index (χ2v) is 7.50. The van der Waals surface area contributed by atoms with Gasteiger partial charge >= 0.3 is 0 Å². The predicted molar refractivity (Wildman–Crippen MR) is 113 cm³/mol. The van der Waals surface area contributed by atoms with Crippen LogP contribution in [0.25, 0.3) is 11.4 Å². The standard InChI is InChI=1S/C21H29N5O3/c1-22-13-17(27)14-29-18-4-2-3-15(11-18)21-24-19(23-16-5-6-16)12-20(25-21)26-7-9-28-10-8-26/h2-4,11-12,16-17,22,27H,5-10,13-14H2,1H3,(H,23,24,25). The van der Waals surface area contributed by atoms with Gasteiger partial charge in [-0.25, -0.2) is 9.97 Å². The van der Waals surface area contributed by atoms with E-state index in [2.05, 4.69) is 15.5 Å². The number of rotatable bonds is 9. The number of morpholine rings is 1. The number of ether oxygens (including phenoxy) is 2. The van der Waals surface area contributed by atoms with Crippen molar-refractivity contribution in [2.75, 3.05) is 56.7 Å². The molecule has 1 saturated heterocycles. The lowest BCUT2D eigenvalue weighted by molar-refractivity contribution is 0.108. The average molecular weight is 399 g/mol. The Labute approximate surface area is 171 Å². The van der Waals surface area contributed by atoms with Crippen molar-refractivity contribution < 1.29 is 14.6 Å². The molecule has 2 fully saturated rings. The van der Waals surface area contributed by atoms with Crippen LogP contribution in [0.3, 0.4) is 0 Å². The first-order valence-corrected chi connectivity index (χ1v) is 10.3. The van der Waals surface area contributed by atoms with E-state index in [1.54, 1.807) is 7.05 Å². The third kappa shape index (κ3) is 5.56. The van der Waals surface area contributed by atoms with Crippen molar-refractivity contribution >= 4 is 11.6 Å². The van der Waals surface area contributed by atoms with Crippen LogP contribution in [-0.4, -0.2) is 73.7 Å². The Morgan fingerprint density at radius 1 is 1.24 bits per heavy atom. The van der Waals surface area contributed by atoms with Crippen molar-refractivity contribution in [1.29, 1.82) is 0 Å². The molecule has 1 aromatic heterocycles. The number of aliphatic hydroxyl groups excluding tert-OH is 1. The second kappa shape index (κ2) is 9.39. The zero-order valence-electron chi connectivity index (χ0n) is 16.8. The molecular weight excluding hydrogens is 370 g/mol. The van der Waals surface area contributed by atoms with E-state index < -0.39 is 6.10 Å². The number of nitrogens with one attached hydrogen (secondary N) is 2. The highest BCUT2D eigenvalue weighted by Gasteiger charge is 2.23. The van der Waals surface area contributed by atoms with Crippen LogP contribution >= 0.6 is 0 Å². The van der Waals surface area contributed by atoms with Gasteiger partial charge in [-0.2, -0.15) is 0 Å². The quantitative estimate of drug-likeness (QED) is 0.585. The number of benzene rings is 1. The largest absolute Gasteiger partial charge is 0.491 e. The summed E-state index contributed by atoms with van der Waals surface area (Å²) >= 11 is 0. The van der Waals surface area contributed by atoms with Crippen LogP contribution in [0.1, 0.15) is 12.8 Å². The monoisotopic (exact) mass is 399 g/mol. The van der Waals surface area contributed by atoms with Gasteiger partial charge < -0.3 is 30.1 Å². The third-order valence-corrected chi connectivity index (χ3v) is 4.95. The van der Waals surface area contributed by atoms with E-state index in [0.717, 1.165) is 30.3 Å². The van der Waals surface area contributed by atoms with Crippen LogP contribution in [0.5, 0.6) is 5.75 Å². The van der Waals surface area contributed by atoms with Crippen LogP contribution in [0, 0.1) is 0 Å². The fraction of sp³-hybridized carbons (Fsp3) is 0.524. The highest BCUT2D eigenvalue weighted by molar-refractivity contribution is 5.63. The summed E-state index contributed by atoms with van der Waals surface area (Å²) in [6.45, 7) is 3.79. The van der Waals surface area contributed by atoms with E-state index in [-0.39, 0.29) is 6.61 Å². The molecule has 3 N–H and O–H groups in total. The minimum absolute atomic E-state index is 0.230. The predicted octanol–water partition coefficient (Wildman–Crippen LogP) is 1.51. The molecule has 1 unspecified atom stereocenters. The first-order chi connectivity index (χ1) is 14.2. The number of anilines is 2. The Balaban J connectivity index is 1.56. The molecule has 0 spiro atoms. The van der Waals surface area contributed by atoms with Crippen molar-refractivity contribution in [3.05, 3.63) is 30.3 Å². The van der Waals surface area contributed by atoms with Crippen LogP contribution in [0.15, 0.2) is 30.3 Å². The molecule has 1 aliphatic carbocycles. The summed E-state index contributed by atoms with van der Waals surface area (Å²) in [5, 5.41) is 16.3. The van der Waals surface area contributed by atoms with Crippen LogP contribution in [0.2, 0.25) is 0 Å². The summed E-state index contributed by atoms with van der Waals surface area (Å²) in [7, 11) is 1.80. The van der Waals surface area contributed by atoms with Gasteiger partial charge in [0, 0.05) is 37.3 Å². The Morgan fingerprint density at radius 3 is 2.83 bits per heavy atom. The molecule has 156 valence electrons. The van der Waals surface area contributed by atoms with Gasteiger partial charge in [-0.3, -0.25) is 0 Å². The minimum Gasteiger partial charge on any atom is -0.491 e. The Kier molecular flexibility index (Phi) is 6.43. The summed E-state index contributed by atoms with van der Waals surface area (Å²) in [6, 6.07) is 10.3. The number of likely N-dealkylation sites (N-methyl/N-ethyl adjacent to an activating group) is 1. The van der Waals surface area contributed by atoms with E-state index >= 15 is 0 Å². The smallest absolute Gasteiger partial charge is 0.163 e. The Morgan fingerprint density at radius 2 is 2.07 bits per heavy atom. The molecule has 1 aromatic carbocycles. The molecule has 0 bridgehead atoms. The molecule has 0 radical (unpaired) electrons. The van der Waals surface area contributed by atoms with Crippen LogP contribution < -0.4 is 20.3 Å². The first kappa shape index (κ1) is 19.9. The van der Waals surface area contributed by atoms with Crippen molar-refractivity contribution in [1.82, 2.24) is 15.3 Å². The third-order valence-electron chi connectivity index (χ3n) is 4.95. The second-order valence-electron chi connectivity index (χ2n) is 7.50. The van der Waals surface area contributed by atoms with Gasteiger partial charge in [-0.05, 0) is 32.0 Å². The summed E-state index contributed by atoms with van der Waals surface area (Å²) in [6.07, 6.45) is 1.81. The molecule has 1 aliphatic heterocycles. The highest BCUT2D eigenvalue weighted by atomic mass is 16.5. The topological polar surface area (TPSA) is 91.8 Å². The van der Waals surface area contributed by atoms with E-state index in [0.29, 0.717) is 37.4 Å². The number of aromatic nitrogens is 2. The highest BCUT2D eigenvalue weighted by Crippen LogP contribution is 2.29. The van der Waals surface area contributed by atoms with Gasteiger partial charge in [0.25, 0.3) is 0 Å². The fourth-order valence-electron chi connectivity index (χ4n) is 3.24. The van der Waals surface area contributed by atoms with Crippen LogP contribution in [-0.2, 0) is 4.74 Å². The Bertz CT molecular complexity index is 809. The molecule has 29 heavy (non-hydrogen) atoms. The van der Waals surface area contributed by atoms with Gasteiger partial charge in [0.15, 0.2) is 5.82 Å². The lowest BCUT2D eigenvalue weighted by Crippen LogP contribution is -2.36. The maximum Gasteiger partial charge on any atom is 0.163 e. The van der Waals surface area contributed by atoms with Crippen molar-refractivity contribution in [2.24, 2.45) is 0 Å². The van der Waals surface area contributed by atoms with Crippen LogP contribution in [0.4, 0.5) is 11.6 Å². The van der Waals surface area contributed by atoms with Crippen molar-refractivity contribution in [2.45, 2.75) is 25.0 Å². The molecule has 2 aliphatic rings. The Hall–Kier alpha value is -2.42. The van der Waals surface area contributed by atoms with Crippen molar-refractivity contribution in [3.63, 3.8) is 0 Å². The maximum absolute atomic E-state index is 9.87. The number of aliphatic hydroxyl groups is 1. The molecule has 8 heteroatoms. The van der Waals surface area contributed by atoms with Gasteiger partial charge in [-0.1, -0.05) is 12.1 Å². The van der Waals surface area contributed by atoms with Gasteiger partial charge in [-0.15, -0.1) is 0 Å².